The van der Waals surface area contributed by atoms with Crippen LogP contribution >= 0.6 is 15.9 Å². The smallest absolute Gasteiger partial charge is 0.270 e. The number of nitro benzene ring substituents is 1. The summed E-state index contributed by atoms with van der Waals surface area (Å²) in [6.07, 6.45) is 0. The van der Waals surface area contributed by atoms with Gasteiger partial charge in [0.15, 0.2) is 5.82 Å². The first kappa shape index (κ1) is 15.5. The van der Waals surface area contributed by atoms with E-state index in [1.807, 2.05) is 0 Å². The van der Waals surface area contributed by atoms with E-state index >= 15 is 0 Å². The molecule has 2 rings (SSSR count). The van der Waals surface area contributed by atoms with Crippen molar-refractivity contribution in [3.05, 3.63) is 38.6 Å². The molecule has 0 radical (unpaired) electrons. The fourth-order valence-electron chi connectivity index (χ4n) is 1.66. The Balaban J connectivity index is 2.19. The number of tetrazole rings is 1. The highest BCUT2D eigenvalue weighted by atomic mass is 79.9. The Hall–Kier alpha value is -1.91. The molecule has 0 amide bonds. The van der Waals surface area contributed by atoms with Crippen molar-refractivity contribution in [2.75, 3.05) is 20.3 Å². The number of nitrogens with one attached hydrogen (secondary N) is 1. The lowest BCUT2D eigenvalue weighted by molar-refractivity contribution is -0.384. The number of non-ortho nitro benzene ring substituents is 1. The molecule has 2 aromatic rings. The van der Waals surface area contributed by atoms with E-state index in [1.165, 1.54) is 16.8 Å². The van der Waals surface area contributed by atoms with Crippen molar-refractivity contribution >= 4 is 21.6 Å². The molecule has 0 aliphatic heterocycles. The molecule has 21 heavy (non-hydrogen) atoms. The van der Waals surface area contributed by atoms with E-state index in [-0.39, 0.29) is 5.69 Å². The normalized spacial score (nSPS) is 10.8. The second-order valence-electron chi connectivity index (χ2n) is 4.07. The number of benzene rings is 1. The number of rotatable bonds is 7. The summed E-state index contributed by atoms with van der Waals surface area (Å²) in [6.45, 7) is 1.72. The number of nitrogens with zero attached hydrogens (tertiary/aromatic N) is 5. The van der Waals surface area contributed by atoms with E-state index in [1.54, 1.807) is 13.2 Å². The van der Waals surface area contributed by atoms with Crippen molar-refractivity contribution in [1.29, 1.82) is 0 Å². The number of hydrogen-bond donors (Lipinski definition) is 1. The number of halogens is 1. The molecule has 1 N–H and O–H groups in total. The fourth-order valence-corrected chi connectivity index (χ4v) is 2.19. The van der Waals surface area contributed by atoms with Crippen molar-refractivity contribution in [3.8, 4) is 5.69 Å². The van der Waals surface area contributed by atoms with E-state index in [0.29, 0.717) is 35.7 Å². The topological polar surface area (TPSA) is 108 Å². The van der Waals surface area contributed by atoms with Crippen LogP contribution in [0.2, 0.25) is 0 Å². The molecule has 0 atom stereocenters. The van der Waals surface area contributed by atoms with Gasteiger partial charge in [-0.3, -0.25) is 10.1 Å². The highest BCUT2D eigenvalue weighted by Crippen LogP contribution is 2.25. The summed E-state index contributed by atoms with van der Waals surface area (Å²) in [5.74, 6) is 0.598. The van der Waals surface area contributed by atoms with Gasteiger partial charge in [-0.2, -0.15) is 4.68 Å². The molecule has 0 spiro atoms. The van der Waals surface area contributed by atoms with Crippen LogP contribution < -0.4 is 5.32 Å². The zero-order valence-corrected chi connectivity index (χ0v) is 12.8. The van der Waals surface area contributed by atoms with E-state index < -0.39 is 4.92 Å². The van der Waals surface area contributed by atoms with Gasteiger partial charge < -0.3 is 10.1 Å². The second-order valence-corrected chi connectivity index (χ2v) is 4.92. The number of methoxy groups -OCH3 is 1. The van der Waals surface area contributed by atoms with Crippen LogP contribution in [0.15, 0.2) is 22.7 Å². The third-order valence-corrected chi connectivity index (χ3v) is 3.31. The van der Waals surface area contributed by atoms with Gasteiger partial charge in [-0.25, -0.2) is 0 Å². The third-order valence-electron chi connectivity index (χ3n) is 2.67. The van der Waals surface area contributed by atoms with E-state index in [9.17, 15) is 10.1 Å². The highest BCUT2D eigenvalue weighted by Gasteiger charge is 2.14. The van der Waals surface area contributed by atoms with Gasteiger partial charge in [-0.05, 0) is 32.4 Å². The first-order valence-corrected chi connectivity index (χ1v) is 6.84. The van der Waals surface area contributed by atoms with Crippen molar-refractivity contribution in [1.82, 2.24) is 25.5 Å². The van der Waals surface area contributed by atoms with E-state index in [2.05, 4.69) is 36.8 Å². The molecule has 0 fully saturated rings. The summed E-state index contributed by atoms with van der Waals surface area (Å²) >= 11 is 3.30. The van der Waals surface area contributed by atoms with Gasteiger partial charge in [0.25, 0.3) is 5.69 Å². The maximum absolute atomic E-state index is 10.7. The number of nitro groups is 1. The van der Waals surface area contributed by atoms with Crippen LogP contribution in [0.3, 0.4) is 0 Å². The molecule has 1 heterocycles. The summed E-state index contributed by atoms with van der Waals surface area (Å²) in [7, 11) is 1.62. The minimum atomic E-state index is -0.457. The minimum absolute atomic E-state index is 0.00142. The lowest BCUT2D eigenvalue weighted by Gasteiger charge is -2.07. The van der Waals surface area contributed by atoms with Crippen LogP contribution in [0.25, 0.3) is 5.69 Å². The Morgan fingerprint density at radius 2 is 2.33 bits per heavy atom. The predicted octanol–water partition coefficient (Wildman–Crippen LogP) is 1.07. The number of ether oxygens (including phenoxy) is 1. The van der Waals surface area contributed by atoms with Crippen LogP contribution in [-0.2, 0) is 11.3 Å². The van der Waals surface area contributed by atoms with Gasteiger partial charge in [-0.1, -0.05) is 0 Å². The standard InChI is InChI=1S/C11H13BrN6O3/c1-21-5-4-13-7-11-14-15-16-17(11)10-3-2-8(18(19)20)6-9(10)12/h2-3,6,13H,4-5,7H2,1H3. The maximum Gasteiger partial charge on any atom is 0.270 e. The summed E-state index contributed by atoms with van der Waals surface area (Å²) in [4.78, 5) is 10.3. The lowest BCUT2D eigenvalue weighted by Crippen LogP contribution is -2.21. The third kappa shape index (κ3) is 3.80. The Morgan fingerprint density at radius 1 is 1.52 bits per heavy atom. The van der Waals surface area contributed by atoms with Gasteiger partial charge in [0.2, 0.25) is 0 Å². The molecule has 0 bridgehead atoms. The van der Waals surface area contributed by atoms with E-state index in [0.717, 1.165) is 0 Å². The van der Waals surface area contributed by atoms with Gasteiger partial charge in [0.05, 0.1) is 28.2 Å². The molecule has 1 aromatic carbocycles. The number of hydrogen-bond acceptors (Lipinski definition) is 7. The van der Waals surface area contributed by atoms with Crippen LogP contribution in [0.5, 0.6) is 0 Å². The first-order valence-electron chi connectivity index (χ1n) is 6.04. The molecule has 0 aliphatic carbocycles. The van der Waals surface area contributed by atoms with Crippen LogP contribution in [0.4, 0.5) is 5.69 Å². The summed E-state index contributed by atoms with van der Waals surface area (Å²) < 4.78 is 7.00. The predicted molar refractivity (Wildman–Crippen MR) is 77.1 cm³/mol. The van der Waals surface area contributed by atoms with Gasteiger partial charge in [0.1, 0.15) is 0 Å². The SMILES string of the molecule is COCCNCc1nnnn1-c1ccc([N+](=O)[O-])cc1Br. The Labute approximate surface area is 128 Å². The van der Waals surface area contributed by atoms with Crippen molar-refractivity contribution in [3.63, 3.8) is 0 Å². The monoisotopic (exact) mass is 356 g/mol. The molecule has 10 heteroatoms. The zero-order chi connectivity index (χ0) is 15.2. The molecule has 112 valence electrons. The average Bonchev–Trinajstić information content (AvgIpc) is 2.91. The Kier molecular flexibility index (Phi) is 5.31. The molecule has 0 aliphatic rings. The second kappa shape index (κ2) is 7.20. The van der Waals surface area contributed by atoms with Gasteiger partial charge in [-0.15, -0.1) is 5.10 Å². The highest BCUT2D eigenvalue weighted by molar-refractivity contribution is 9.10. The van der Waals surface area contributed by atoms with E-state index in [4.69, 9.17) is 4.74 Å². The maximum atomic E-state index is 10.7. The minimum Gasteiger partial charge on any atom is -0.383 e. The van der Waals surface area contributed by atoms with Gasteiger partial charge in [0, 0.05) is 25.8 Å². The van der Waals surface area contributed by atoms with Crippen LogP contribution in [-0.4, -0.2) is 45.4 Å². The Morgan fingerprint density at radius 3 is 3.00 bits per heavy atom. The molecule has 0 unspecified atom stereocenters. The van der Waals surface area contributed by atoms with Crippen LogP contribution in [0, 0.1) is 10.1 Å². The molecule has 0 saturated carbocycles. The van der Waals surface area contributed by atoms with Crippen molar-refractivity contribution < 1.29 is 9.66 Å². The largest absolute Gasteiger partial charge is 0.383 e. The molecule has 0 saturated heterocycles. The van der Waals surface area contributed by atoms with Crippen molar-refractivity contribution in [2.24, 2.45) is 0 Å². The molecular formula is C11H13BrN6O3. The Bertz CT molecular complexity index is 632. The molecule has 1 aromatic heterocycles. The summed E-state index contributed by atoms with van der Waals surface area (Å²) in [5.41, 5.74) is 0.632. The van der Waals surface area contributed by atoms with Crippen molar-refractivity contribution in [2.45, 2.75) is 6.54 Å². The first-order chi connectivity index (χ1) is 10.1. The van der Waals surface area contributed by atoms with Gasteiger partial charge >= 0.3 is 0 Å². The molecule has 9 nitrogen and oxygen atoms in total. The summed E-state index contributed by atoms with van der Waals surface area (Å²) in [6, 6.07) is 4.42. The summed E-state index contributed by atoms with van der Waals surface area (Å²) in [5, 5.41) is 25.3. The quantitative estimate of drug-likeness (QED) is 0.449. The van der Waals surface area contributed by atoms with Crippen LogP contribution in [0.1, 0.15) is 5.82 Å². The fraction of sp³-hybridized carbons (Fsp3) is 0.364. The molecular weight excluding hydrogens is 344 g/mol. The zero-order valence-electron chi connectivity index (χ0n) is 11.2. The average molecular weight is 357 g/mol. The number of aromatic nitrogens is 4. The lowest BCUT2D eigenvalue weighted by atomic mass is 10.3.